The van der Waals surface area contributed by atoms with Crippen LogP contribution in [0.15, 0.2) is 48.8 Å². The van der Waals surface area contributed by atoms with Crippen molar-refractivity contribution in [2.45, 2.75) is 6.92 Å². The van der Waals surface area contributed by atoms with Gasteiger partial charge in [-0.25, -0.2) is 0 Å². The highest BCUT2D eigenvalue weighted by Gasteiger charge is 1.97. The molecule has 1 N–H and O–H groups in total. The van der Waals surface area contributed by atoms with Crippen molar-refractivity contribution in [2.75, 3.05) is 10.5 Å². The maximum atomic E-state index is 5.64. The Bertz CT molecular complexity index is 445. The van der Waals surface area contributed by atoms with E-state index < -0.39 is 0 Å². The summed E-state index contributed by atoms with van der Waals surface area (Å²) in [5.74, 6) is 2.59. The quantitative estimate of drug-likeness (QED) is 0.810. The van der Waals surface area contributed by atoms with Gasteiger partial charge >= 0.3 is 0 Å². The molecular formula is C13H14N2OS. The highest BCUT2D eigenvalue weighted by atomic mass is 32.2. The minimum Gasteiger partial charge on any atom is -0.456 e. The summed E-state index contributed by atoms with van der Waals surface area (Å²) in [4.78, 5) is 4.00. The molecular weight excluding hydrogens is 232 g/mol. The van der Waals surface area contributed by atoms with E-state index in [1.165, 1.54) is 0 Å². The van der Waals surface area contributed by atoms with Crippen molar-refractivity contribution in [3.05, 3.63) is 48.8 Å². The molecule has 0 aliphatic carbocycles. The largest absolute Gasteiger partial charge is 0.456 e. The second kappa shape index (κ2) is 6.15. The lowest BCUT2D eigenvalue weighted by Gasteiger charge is -2.07. The molecule has 3 nitrogen and oxygen atoms in total. The van der Waals surface area contributed by atoms with E-state index >= 15 is 0 Å². The van der Waals surface area contributed by atoms with E-state index in [4.69, 9.17) is 4.74 Å². The summed E-state index contributed by atoms with van der Waals surface area (Å²) < 4.78 is 8.87. The molecule has 0 radical (unpaired) electrons. The number of pyridine rings is 1. The van der Waals surface area contributed by atoms with Crippen molar-refractivity contribution in [3.8, 4) is 11.5 Å². The molecule has 0 bridgehead atoms. The lowest BCUT2D eigenvalue weighted by molar-refractivity contribution is 0.480. The van der Waals surface area contributed by atoms with Crippen LogP contribution in [0.5, 0.6) is 11.5 Å². The third-order valence-electron chi connectivity index (χ3n) is 2.06. The molecule has 0 spiro atoms. The molecule has 4 heteroatoms. The molecule has 0 saturated heterocycles. The first-order valence-corrected chi connectivity index (χ1v) is 6.43. The molecule has 0 fully saturated rings. The van der Waals surface area contributed by atoms with Crippen molar-refractivity contribution in [3.63, 3.8) is 0 Å². The fourth-order valence-electron chi connectivity index (χ4n) is 1.29. The van der Waals surface area contributed by atoms with E-state index in [1.54, 1.807) is 24.3 Å². The highest BCUT2D eigenvalue weighted by Crippen LogP contribution is 2.22. The maximum Gasteiger partial charge on any atom is 0.145 e. The molecule has 0 atom stereocenters. The summed E-state index contributed by atoms with van der Waals surface area (Å²) in [5, 5.41) is 0. The van der Waals surface area contributed by atoms with Gasteiger partial charge in [-0.15, -0.1) is 0 Å². The van der Waals surface area contributed by atoms with Gasteiger partial charge in [-0.3, -0.25) is 4.98 Å². The van der Waals surface area contributed by atoms with E-state index in [9.17, 15) is 0 Å². The number of aromatic nitrogens is 1. The molecule has 88 valence electrons. The summed E-state index contributed by atoms with van der Waals surface area (Å²) in [6.07, 6.45) is 3.42. The van der Waals surface area contributed by atoms with Gasteiger partial charge in [0, 0.05) is 17.6 Å². The Balaban J connectivity index is 1.98. The monoisotopic (exact) mass is 246 g/mol. The Morgan fingerprint density at radius 1 is 1.18 bits per heavy atom. The van der Waals surface area contributed by atoms with Crippen LogP contribution in [-0.4, -0.2) is 10.7 Å². The Hall–Kier alpha value is -1.68. The number of nitrogens with one attached hydrogen (secondary N) is 1. The summed E-state index contributed by atoms with van der Waals surface area (Å²) >= 11 is 1.67. The lowest BCUT2D eigenvalue weighted by Crippen LogP contribution is -1.88. The fraction of sp³-hybridized carbons (Fsp3) is 0.154. The van der Waals surface area contributed by atoms with Crippen molar-refractivity contribution in [2.24, 2.45) is 0 Å². The Morgan fingerprint density at radius 3 is 2.65 bits per heavy atom. The Kier molecular flexibility index (Phi) is 4.27. The molecule has 0 aliphatic heterocycles. The van der Waals surface area contributed by atoms with Crippen LogP contribution in [0.1, 0.15) is 6.92 Å². The van der Waals surface area contributed by atoms with Gasteiger partial charge in [0.1, 0.15) is 11.5 Å². The zero-order valence-electron chi connectivity index (χ0n) is 9.59. The number of hydrogen-bond donors (Lipinski definition) is 1. The van der Waals surface area contributed by atoms with Gasteiger partial charge in [-0.1, -0.05) is 18.9 Å². The first-order valence-electron chi connectivity index (χ1n) is 5.44. The fourth-order valence-corrected chi connectivity index (χ4v) is 1.74. The first kappa shape index (κ1) is 11.8. The Labute approximate surface area is 105 Å². The van der Waals surface area contributed by atoms with Crippen LogP contribution in [0.2, 0.25) is 0 Å². The van der Waals surface area contributed by atoms with Gasteiger partial charge in [0.05, 0.1) is 6.20 Å². The maximum absolute atomic E-state index is 5.64. The van der Waals surface area contributed by atoms with Gasteiger partial charge in [-0.2, -0.15) is 0 Å². The summed E-state index contributed by atoms with van der Waals surface area (Å²) in [6, 6.07) is 11.6. The van der Waals surface area contributed by atoms with Gasteiger partial charge in [0.25, 0.3) is 0 Å². The number of benzene rings is 1. The van der Waals surface area contributed by atoms with Crippen LogP contribution in [0.25, 0.3) is 0 Å². The normalized spacial score (nSPS) is 9.94. The van der Waals surface area contributed by atoms with Gasteiger partial charge in [0.15, 0.2) is 0 Å². The number of nitrogens with zero attached hydrogens (tertiary/aromatic N) is 1. The zero-order valence-corrected chi connectivity index (χ0v) is 10.4. The van der Waals surface area contributed by atoms with Crippen molar-refractivity contribution in [1.29, 1.82) is 0 Å². The van der Waals surface area contributed by atoms with Crippen LogP contribution >= 0.6 is 11.9 Å². The van der Waals surface area contributed by atoms with Gasteiger partial charge in [-0.05, 0) is 36.4 Å². The molecule has 1 heterocycles. The molecule has 17 heavy (non-hydrogen) atoms. The van der Waals surface area contributed by atoms with Crippen LogP contribution in [-0.2, 0) is 0 Å². The molecule has 0 amide bonds. The standard InChI is InChI=1S/C13H14N2OS/c1-2-17-15-11-5-7-12(8-6-11)16-13-4-3-9-14-10-13/h3-10,15H,2H2,1H3. The van der Waals surface area contributed by atoms with E-state index in [0.717, 1.165) is 22.9 Å². The van der Waals surface area contributed by atoms with E-state index in [-0.39, 0.29) is 0 Å². The number of ether oxygens (including phenoxy) is 1. The average molecular weight is 246 g/mol. The third kappa shape index (κ3) is 3.67. The molecule has 0 aliphatic rings. The molecule has 1 aromatic heterocycles. The summed E-state index contributed by atoms with van der Waals surface area (Å²) in [7, 11) is 0. The lowest BCUT2D eigenvalue weighted by atomic mass is 10.3. The molecule has 2 aromatic rings. The van der Waals surface area contributed by atoms with E-state index in [2.05, 4.69) is 16.6 Å². The summed E-state index contributed by atoms with van der Waals surface area (Å²) in [6.45, 7) is 2.11. The average Bonchev–Trinajstić information content (AvgIpc) is 2.39. The topological polar surface area (TPSA) is 34.1 Å². The number of rotatable bonds is 5. The van der Waals surface area contributed by atoms with Crippen LogP contribution in [0.4, 0.5) is 5.69 Å². The van der Waals surface area contributed by atoms with E-state index in [1.807, 2.05) is 36.4 Å². The zero-order chi connectivity index (χ0) is 11.9. The predicted molar refractivity (Wildman–Crippen MR) is 72.5 cm³/mol. The second-order valence-corrected chi connectivity index (χ2v) is 4.42. The van der Waals surface area contributed by atoms with E-state index in [0.29, 0.717) is 0 Å². The number of anilines is 1. The third-order valence-corrected chi connectivity index (χ3v) is 2.73. The molecule has 1 aromatic carbocycles. The van der Waals surface area contributed by atoms with Gasteiger partial charge < -0.3 is 9.46 Å². The SMILES string of the molecule is CCSNc1ccc(Oc2cccnc2)cc1. The van der Waals surface area contributed by atoms with Crippen molar-refractivity contribution in [1.82, 2.24) is 4.98 Å². The first-order chi connectivity index (χ1) is 8.38. The molecule has 0 unspecified atom stereocenters. The minimum absolute atomic E-state index is 0.746. The van der Waals surface area contributed by atoms with Crippen LogP contribution in [0.3, 0.4) is 0 Å². The number of hydrogen-bond acceptors (Lipinski definition) is 4. The Morgan fingerprint density at radius 2 is 2.00 bits per heavy atom. The highest BCUT2D eigenvalue weighted by molar-refractivity contribution is 8.00. The second-order valence-electron chi connectivity index (χ2n) is 3.35. The predicted octanol–water partition coefficient (Wildman–Crippen LogP) is 3.95. The summed E-state index contributed by atoms with van der Waals surface area (Å²) in [5.41, 5.74) is 1.08. The molecule has 0 saturated carbocycles. The molecule has 2 rings (SSSR count). The van der Waals surface area contributed by atoms with Crippen molar-refractivity contribution < 1.29 is 4.74 Å². The smallest absolute Gasteiger partial charge is 0.145 e. The van der Waals surface area contributed by atoms with Crippen LogP contribution in [0, 0.1) is 0 Å². The van der Waals surface area contributed by atoms with Crippen molar-refractivity contribution >= 4 is 17.6 Å². The minimum atomic E-state index is 0.746. The van der Waals surface area contributed by atoms with Crippen LogP contribution < -0.4 is 9.46 Å². The van der Waals surface area contributed by atoms with Gasteiger partial charge in [0.2, 0.25) is 0 Å².